The molecule has 2 unspecified atom stereocenters. The number of ether oxygens (including phenoxy) is 1. The number of hydrogen-bond donors (Lipinski definition) is 1. The van der Waals surface area contributed by atoms with Crippen LogP contribution in [0.4, 0.5) is 0 Å². The third-order valence-corrected chi connectivity index (χ3v) is 4.44. The number of carbonyl (C=O) groups excluding carboxylic acids is 1. The van der Waals surface area contributed by atoms with Crippen molar-refractivity contribution in [1.82, 2.24) is 4.90 Å². The van der Waals surface area contributed by atoms with Crippen LogP contribution in [0.25, 0.3) is 0 Å². The quantitative estimate of drug-likeness (QED) is 0.827. The molecule has 2 fully saturated rings. The van der Waals surface area contributed by atoms with Crippen molar-refractivity contribution in [2.45, 2.75) is 58.0 Å². The first kappa shape index (κ1) is 14.8. The van der Waals surface area contributed by atoms with Gasteiger partial charge in [-0.3, -0.25) is 4.79 Å². The minimum absolute atomic E-state index is 0.115. The van der Waals surface area contributed by atoms with Crippen molar-refractivity contribution in [3.63, 3.8) is 0 Å². The van der Waals surface area contributed by atoms with E-state index in [1.54, 1.807) is 0 Å². The van der Waals surface area contributed by atoms with E-state index in [0.717, 1.165) is 25.8 Å². The van der Waals surface area contributed by atoms with Gasteiger partial charge in [-0.25, -0.2) is 0 Å². The maximum absolute atomic E-state index is 12.7. The summed E-state index contributed by atoms with van der Waals surface area (Å²) in [5, 5.41) is 0. The number of hydrogen-bond acceptors (Lipinski definition) is 3. The van der Waals surface area contributed by atoms with Crippen LogP contribution < -0.4 is 5.73 Å². The van der Waals surface area contributed by atoms with Crippen LogP contribution in [-0.4, -0.2) is 42.6 Å². The molecular weight excluding hydrogens is 240 g/mol. The van der Waals surface area contributed by atoms with Gasteiger partial charge in [0.2, 0.25) is 5.91 Å². The standard InChI is InChI=1S/C15H28N2O2/c1-11(2)7-8-17(12-5-3-4-6-12)15(18)13-9-19-10-14(13)16/h11-14H,3-10,16H2,1-2H3. The first-order valence-corrected chi connectivity index (χ1v) is 7.73. The van der Waals surface area contributed by atoms with Crippen molar-refractivity contribution in [3.05, 3.63) is 0 Å². The van der Waals surface area contributed by atoms with Gasteiger partial charge in [0.05, 0.1) is 19.1 Å². The largest absolute Gasteiger partial charge is 0.379 e. The molecule has 1 saturated heterocycles. The zero-order chi connectivity index (χ0) is 13.8. The molecule has 2 aliphatic rings. The van der Waals surface area contributed by atoms with Gasteiger partial charge < -0.3 is 15.4 Å². The lowest BCUT2D eigenvalue weighted by molar-refractivity contribution is -0.138. The topological polar surface area (TPSA) is 55.6 Å². The molecule has 0 bridgehead atoms. The van der Waals surface area contributed by atoms with Gasteiger partial charge in [0.1, 0.15) is 0 Å². The third kappa shape index (κ3) is 3.69. The Morgan fingerprint density at radius 1 is 1.32 bits per heavy atom. The van der Waals surface area contributed by atoms with Crippen LogP contribution in [0.15, 0.2) is 0 Å². The molecule has 2 atom stereocenters. The van der Waals surface area contributed by atoms with Crippen LogP contribution in [0.3, 0.4) is 0 Å². The molecule has 0 spiro atoms. The van der Waals surface area contributed by atoms with E-state index in [4.69, 9.17) is 10.5 Å². The molecule has 0 radical (unpaired) electrons. The number of carbonyl (C=O) groups is 1. The van der Waals surface area contributed by atoms with Crippen LogP contribution in [0.5, 0.6) is 0 Å². The van der Waals surface area contributed by atoms with E-state index >= 15 is 0 Å². The van der Waals surface area contributed by atoms with Crippen molar-refractivity contribution in [1.29, 1.82) is 0 Å². The second-order valence-electron chi connectivity index (χ2n) is 6.46. The Bertz CT molecular complexity index is 301. The fourth-order valence-corrected chi connectivity index (χ4v) is 3.12. The highest BCUT2D eigenvalue weighted by Gasteiger charge is 2.37. The van der Waals surface area contributed by atoms with E-state index in [2.05, 4.69) is 18.7 Å². The van der Waals surface area contributed by atoms with Crippen LogP contribution in [0, 0.1) is 11.8 Å². The van der Waals surface area contributed by atoms with Crippen LogP contribution in [0.1, 0.15) is 46.0 Å². The summed E-state index contributed by atoms with van der Waals surface area (Å²) in [4.78, 5) is 14.8. The maximum atomic E-state index is 12.7. The summed E-state index contributed by atoms with van der Waals surface area (Å²) in [6.07, 6.45) is 5.90. The molecule has 2 N–H and O–H groups in total. The van der Waals surface area contributed by atoms with Crippen molar-refractivity contribution in [2.75, 3.05) is 19.8 Å². The molecule has 2 rings (SSSR count). The maximum Gasteiger partial charge on any atom is 0.229 e. The van der Waals surface area contributed by atoms with Gasteiger partial charge in [-0.2, -0.15) is 0 Å². The Labute approximate surface area is 116 Å². The molecule has 1 heterocycles. The summed E-state index contributed by atoms with van der Waals surface area (Å²) in [5.41, 5.74) is 6.00. The van der Waals surface area contributed by atoms with Gasteiger partial charge in [0.15, 0.2) is 0 Å². The molecule has 0 aromatic carbocycles. The lowest BCUT2D eigenvalue weighted by Gasteiger charge is -2.32. The Balaban J connectivity index is 2.00. The molecule has 4 heteroatoms. The van der Waals surface area contributed by atoms with Crippen LogP contribution in [0.2, 0.25) is 0 Å². The summed E-state index contributed by atoms with van der Waals surface area (Å²) in [6.45, 7) is 6.33. The summed E-state index contributed by atoms with van der Waals surface area (Å²) in [7, 11) is 0. The van der Waals surface area contributed by atoms with Gasteiger partial charge in [-0.05, 0) is 25.2 Å². The lowest BCUT2D eigenvalue weighted by Crippen LogP contribution is -2.48. The molecule has 1 aliphatic heterocycles. The molecule has 19 heavy (non-hydrogen) atoms. The molecule has 0 aromatic rings. The van der Waals surface area contributed by atoms with E-state index in [1.807, 2.05) is 0 Å². The average Bonchev–Trinajstić information content (AvgIpc) is 3.00. The molecule has 1 amide bonds. The zero-order valence-corrected chi connectivity index (χ0v) is 12.3. The smallest absolute Gasteiger partial charge is 0.229 e. The SMILES string of the molecule is CC(C)CCN(C(=O)C1COCC1N)C1CCCC1. The van der Waals surface area contributed by atoms with E-state index in [1.165, 1.54) is 12.8 Å². The molecule has 0 aromatic heterocycles. The van der Waals surface area contributed by atoms with E-state index in [9.17, 15) is 4.79 Å². The van der Waals surface area contributed by atoms with Gasteiger partial charge in [-0.15, -0.1) is 0 Å². The van der Waals surface area contributed by atoms with E-state index < -0.39 is 0 Å². The van der Waals surface area contributed by atoms with Crippen LogP contribution >= 0.6 is 0 Å². The normalized spacial score (nSPS) is 28.2. The van der Waals surface area contributed by atoms with Crippen molar-refractivity contribution in [2.24, 2.45) is 17.6 Å². The van der Waals surface area contributed by atoms with Crippen molar-refractivity contribution in [3.8, 4) is 0 Å². The molecule has 1 aliphatic carbocycles. The minimum Gasteiger partial charge on any atom is -0.379 e. The Kier molecular flexibility index (Phi) is 5.22. The summed E-state index contributed by atoms with van der Waals surface area (Å²) >= 11 is 0. The number of amides is 1. The lowest BCUT2D eigenvalue weighted by atomic mass is 10.00. The molecular formula is C15H28N2O2. The highest BCUT2D eigenvalue weighted by atomic mass is 16.5. The van der Waals surface area contributed by atoms with Crippen molar-refractivity contribution >= 4 is 5.91 Å². The number of nitrogens with two attached hydrogens (primary N) is 1. The van der Waals surface area contributed by atoms with E-state index in [0.29, 0.717) is 25.2 Å². The predicted molar refractivity (Wildman–Crippen MR) is 75.7 cm³/mol. The first-order valence-electron chi connectivity index (χ1n) is 7.73. The number of nitrogens with zero attached hydrogens (tertiary/aromatic N) is 1. The first-order chi connectivity index (χ1) is 9.09. The summed E-state index contributed by atoms with van der Waals surface area (Å²) in [6, 6.07) is 0.328. The Morgan fingerprint density at radius 2 is 2.00 bits per heavy atom. The van der Waals surface area contributed by atoms with Gasteiger partial charge >= 0.3 is 0 Å². The highest BCUT2D eigenvalue weighted by molar-refractivity contribution is 5.80. The molecule has 4 nitrogen and oxygen atoms in total. The molecule has 1 saturated carbocycles. The predicted octanol–water partition coefficient (Wildman–Crippen LogP) is 1.78. The van der Waals surface area contributed by atoms with Gasteiger partial charge in [-0.1, -0.05) is 26.7 Å². The van der Waals surface area contributed by atoms with Crippen LogP contribution in [-0.2, 0) is 9.53 Å². The zero-order valence-electron chi connectivity index (χ0n) is 12.3. The Hall–Kier alpha value is -0.610. The second kappa shape index (κ2) is 6.71. The minimum atomic E-state index is -0.118. The summed E-state index contributed by atoms with van der Waals surface area (Å²) < 4.78 is 5.36. The van der Waals surface area contributed by atoms with Gasteiger partial charge in [0, 0.05) is 18.6 Å². The molecule has 110 valence electrons. The highest BCUT2D eigenvalue weighted by Crippen LogP contribution is 2.27. The Morgan fingerprint density at radius 3 is 2.53 bits per heavy atom. The number of rotatable bonds is 5. The average molecular weight is 268 g/mol. The second-order valence-corrected chi connectivity index (χ2v) is 6.46. The summed E-state index contributed by atoms with van der Waals surface area (Å²) in [5.74, 6) is 0.746. The van der Waals surface area contributed by atoms with Gasteiger partial charge in [0.25, 0.3) is 0 Å². The third-order valence-electron chi connectivity index (χ3n) is 4.44. The fraction of sp³-hybridized carbons (Fsp3) is 0.933. The monoisotopic (exact) mass is 268 g/mol. The fourth-order valence-electron chi connectivity index (χ4n) is 3.12. The van der Waals surface area contributed by atoms with E-state index in [-0.39, 0.29) is 17.9 Å². The van der Waals surface area contributed by atoms with Crippen molar-refractivity contribution < 1.29 is 9.53 Å².